The minimum atomic E-state index is -0.857. The van der Waals surface area contributed by atoms with Crippen LogP contribution >= 0.6 is 0 Å². The van der Waals surface area contributed by atoms with Gasteiger partial charge in [-0.25, -0.2) is 4.79 Å². The summed E-state index contributed by atoms with van der Waals surface area (Å²) in [5, 5.41) is 18.8. The maximum atomic E-state index is 11.5. The summed E-state index contributed by atoms with van der Waals surface area (Å²) in [7, 11) is 0. The molecule has 0 bridgehead atoms. The third-order valence-electron chi connectivity index (χ3n) is 5.84. The molecule has 2 aromatic carbocycles. The maximum absolute atomic E-state index is 11.5. The van der Waals surface area contributed by atoms with Crippen LogP contribution in [0.4, 0.5) is 5.69 Å². The molecule has 0 amide bonds. The number of aromatic carboxylic acids is 1. The number of carbonyl (C=O) groups is 1. The van der Waals surface area contributed by atoms with Crippen LogP contribution in [0.2, 0.25) is 0 Å². The molecule has 1 aliphatic rings. The molecule has 0 aromatic heterocycles. The van der Waals surface area contributed by atoms with E-state index in [9.17, 15) is 15.2 Å². The van der Waals surface area contributed by atoms with Gasteiger partial charge in [-0.3, -0.25) is 0 Å². The quantitative estimate of drug-likeness (QED) is 0.865. The summed E-state index contributed by atoms with van der Waals surface area (Å²) in [6.45, 7) is 8.02. The summed E-state index contributed by atoms with van der Waals surface area (Å²) in [6.07, 6.45) is 1.94. The Labute approximate surface area is 161 Å². The van der Waals surface area contributed by atoms with Crippen molar-refractivity contribution in [2.75, 3.05) is 18.0 Å². The van der Waals surface area contributed by atoms with Gasteiger partial charge in [0.25, 0.3) is 0 Å². The molecule has 2 atom stereocenters. The van der Waals surface area contributed by atoms with Gasteiger partial charge in [-0.2, -0.15) is 5.26 Å². The zero-order valence-corrected chi connectivity index (χ0v) is 16.2. The molecule has 3 rings (SSSR count). The lowest BCUT2D eigenvalue weighted by Gasteiger charge is -2.39. The Bertz CT molecular complexity index is 898. The molecule has 0 aliphatic carbocycles. The fourth-order valence-electron chi connectivity index (χ4n) is 4.19. The molecular formula is C23H26N2O2. The average Bonchev–Trinajstić information content (AvgIpc) is 2.64. The summed E-state index contributed by atoms with van der Waals surface area (Å²) in [5.74, 6) is 0.128. The fourth-order valence-corrected chi connectivity index (χ4v) is 4.19. The van der Waals surface area contributed by atoms with Crippen LogP contribution in [0.3, 0.4) is 0 Å². The number of anilines is 1. The average molecular weight is 362 g/mol. The number of piperidine rings is 1. The number of rotatable bonds is 4. The highest BCUT2D eigenvalue weighted by atomic mass is 16.4. The van der Waals surface area contributed by atoms with E-state index in [1.165, 1.54) is 5.56 Å². The lowest BCUT2D eigenvalue weighted by Crippen LogP contribution is -2.40. The van der Waals surface area contributed by atoms with E-state index in [4.69, 9.17) is 0 Å². The molecule has 0 spiro atoms. The van der Waals surface area contributed by atoms with Gasteiger partial charge < -0.3 is 10.0 Å². The maximum Gasteiger partial charge on any atom is 0.335 e. The summed E-state index contributed by atoms with van der Waals surface area (Å²) < 4.78 is 0. The largest absolute Gasteiger partial charge is 0.478 e. The second-order valence-electron chi connectivity index (χ2n) is 7.70. The van der Waals surface area contributed by atoms with E-state index in [0.29, 0.717) is 17.4 Å². The summed E-state index contributed by atoms with van der Waals surface area (Å²) >= 11 is 0. The zero-order chi connectivity index (χ0) is 19.6. The van der Waals surface area contributed by atoms with Crippen molar-refractivity contribution in [1.29, 1.82) is 5.26 Å². The highest BCUT2D eigenvalue weighted by Crippen LogP contribution is 2.32. The number of carboxylic acid groups (broad SMARTS) is 1. The van der Waals surface area contributed by atoms with Gasteiger partial charge in [0.2, 0.25) is 0 Å². The number of nitrogens with zero attached hydrogens (tertiary/aromatic N) is 2. The van der Waals surface area contributed by atoms with Gasteiger partial charge in [0.05, 0.1) is 16.8 Å². The molecule has 2 unspecified atom stereocenters. The van der Waals surface area contributed by atoms with Crippen LogP contribution in [0, 0.1) is 37.0 Å². The molecule has 1 heterocycles. The van der Waals surface area contributed by atoms with Crippen LogP contribution in [0.15, 0.2) is 36.4 Å². The Morgan fingerprint density at radius 2 is 2.00 bits per heavy atom. The minimum Gasteiger partial charge on any atom is -0.478 e. The molecule has 27 heavy (non-hydrogen) atoms. The molecule has 1 saturated heterocycles. The third kappa shape index (κ3) is 3.98. The number of carboxylic acids is 1. The highest BCUT2D eigenvalue weighted by Gasteiger charge is 2.28. The monoisotopic (exact) mass is 362 g/mol. The van der Waals surface area contributed by atoms with E-state index < -0.39 is 5.97 Å². The van der Waals surface area contributed by atoms with Crippen molar-refractivity contribution in [2.45, 2.75) is 33.6 Å². The van der Waals surface area contributed by atoms with Gasteiger partial charge in [0.1, 0.15) is 6.07 Å². The Kier molecular flexibility index (Phi) is 5.51. The predicted molar refractivity (Wildman–Crippen MR) is 107 cm³/mol. The van der Waals surface area contributed by atoms with Crippen molar-refractivity contribution < 1.29 is 9.90 Å². The molecular weight excluding hydrogens is 336 g/mol. The summed E-state index contributed by atoms with van der Waals surface area (Å²) in [4.78, 5) is 13.8. The van der Waals surface area contributed by atoms with E-state index in [1.54, 1.807) is 0 Å². The molecule has 0 saturated carbocycles. The van der Waals surface area contributed by atoms with E-state index in [2.05, 4.69) is 24.8 Å². The molecule has 4 nitrogen and oxygen atoms in total. The van der Waals surface area contributed by atoms with E-state index in [0.717, 1.165) is 48.3 Å². The smallest absolute Gasteiger partial charge is 0.335 e. The minimum absolute atomic E-state index is 0.406. The molecule has 140 valence electrons. The molecule has 2 aromatic rings. The van der Waals surface area contributed by atoms with Gasteiger partial charge in [-0.05, 0) is 73.4 Å². The number of nitriles is 1. The molecule has 4 heteroatoms. The van der Waals surface area contributed by atoms with Crippen LogP contribution < -0.4 is 4.90 Å². The Morgan fingerprint density at radius 3 is 2.67 bits per heavy atom. The lowest BCUT2D eigenvalue weighted by atomic mass is 9.80. The van der Waals surface area contributed by atoms with E-state index in [1.807, 2.05) is 43.3 Å². The van der Waals surface area contributed by atoms with Gasteiger partial charge in [-0.1, -0.05) is 25.1 Å². The van der Waals surface area contributed by atoms with Crippen molar-refractivity contribution in [3.8, 4) is 6.07 Å². The molecule has 1 aliphatic heterocycles. The first kappa shape index (κ1) is 19.0. The summed E-state index contributed by atoms with van der Waals surface area (Å²) in [5.41, 5.74) is 5.28. The second kappa shape index (κ2) is 7.84. The van der Waals surface area contributed by atoms with Gasteiger partial charge in [0.15, 0.2) is 0 Å². The van der Waals surface area contributed by atoms with Crippen molar-refractivity contribution in [3.63, 3.8) is 0 Å². The number of benzene rings is 2. The standard InChI is InChI=1S/C23H26N2O2/c1-15-10-16(2)21(23(26)27)12-20(15)11-18-8-9-25(14-17(18)3)22-7-5-4-6-19(22)13-24/h4-7,10,12,17-18H,8-9,11,14H2,1-3H3,(H,26,27). The van der Waals surface area contributed by atoms with Crippen molar-refractivity contribution in [2.24, 2.45) is 11.8 Å². The Morgan fingerprint density at radius 1 is 1.26 bits per heavy atom. The zero-order valence-electron chi connectivity index (χ0n) is 16.2. The second-order valence-corrected chi connectivity index (χ2v) is 7.70. The number of hydrogen-bond donors (Lipinski definition) is 1. The van der Waals surface area contributed by atoms with Crippen LogP contribution in [0.5, 0.6) is 0 Å². The van der Waals surface area contributed by atoms with Crippen LogP contribution in [0.1, 0.15) is 46.0 Å². The SMILES string of the molecule is Cc1cc(C)c(C(=O)O)cc1CC1CCN(c2ccccc2C#N)CC1C. The van der Waals surface area contributed by atoms with E-state index in [-0.39, 0.29) is 0 Å². The van der Waals surface area contributed by atoms with Crippen LogP contribution in [-0.4, -0.2) is 24.2 Å². The van der Waals surface area contributed by atoms with Gasteiger partial charge in [-0.15, -0.1) is 0 Å². The van der Waals surface area contributed by atoms with E-state index >= 15 is 0 Å². The lowest BCUT2D eigenvalue weighted by molar-refractivity contribution is 0.0696. The summed E-state index contributed by atoms with van der Waals surface area (Å²) in [6, 6.07) is 13.9. The van der Waals surface area contributed by atoms with Crippen LogP contribution in [0.25, 0.3) is 0 Å². The fraction of sp³-hybridized carbons (Fsp3) is 0.391. The van der Waals surface area contributed by atoms with Crippen molar-refractivity contribution >= 4 is 11.7 Å². The van der Waals surface area contributed by atoms with Crippen LogP contribution in [-0.2, 0) is 6.42 Å². The molecule has 1 fully saturated rings. The molecule has 1 N–H and O–H groups in total. The Balaban J connectivity index is 1.76. The Hall–Kier alpha value is -2.80. The first-order valence-electron chi connectivity index (χ1n) is 9.48. The first-order valence-corrected chi connectivity index (χ1v) is 9.48. The normalized spacial score (nSPS) is 19.6. The van der Waals surface area contributed by atoms with Crippen molar-refractivity contribution in [1.82, 2.24) is 0 Å². The predicted octanol–water partition coefficient (Wildman–Crippen LogP) is 4.58. The third-order valence-corrected chi connectivity index (χ3v) is 5.84. The number of hydrogen-bond acceptors (Lipinski definition) is 3. The van der Waals surface area contributed by atoms with Gasteiger partial charge in [0, 0.05) is 13.1 Å². The topological polar surface area (TPSA) is 64.3 Å². The van der Waals surface area contributed by atoms with Gasteiger partial charge >= 0.3 is 5.97 Å². The highest BCUT2D eigenvalue weighted by molar-refractivity contribution is 5.89. The van der Waals surface area contributed by atoms with Crippen molar-refractivity contribution in [3.05, 3.63) is 64.2 Å². The number of para-hydroxylation sites is 1. The first-order chi connectivity index (χ1) is 12.9. The number of aryl methyl sites for hydroxylation is 2. The molecule has 0 radical (unpaired) electrons.